The van der Waals surface area contributed by atoms with Gasteiger partial charge in [-0.15, -0.1) is 0 Å². The Balaban J connectivity index is 1.83. The molecule has 2 aromatic rings. The van der Waals surface area contributed by atoms with Gasteiger partial charge in [0.2, 0.25) is 0 Å². The molecular formula is C18H19ClN2O3. The Kier molecular flexibility index (Phi) is 4.71. The van der Waals surface area contributed by atoms with Crippen molar-refractivity contribution in [1.82, 2.24) is 10.3 Å². The van der Waals surface area contributed by atoms with Crippen LogP contribution in [0.3, 0.4) is 0 Å². The van der Waals surface area contributed by atoms with E-state index in [1.807, 2.05) is 0 Å². The van der Waals surface area contributed by atoms with Crippen LogP contribution in [0.25, 0.3) is 10.9 Å². The lowest BCUT2D eigenvalue weighted by Gasteiger charge is -2.33. The third kappa shape index (κ3) is 3.08. The number of fused-ring (bicyclic) bond motifs is 1. The van der Waals surface area contributed by atoms with E-state index in [0.717, 1.165) is 19.3 Å². The third-order valence-corrected chi connectivity index (χ3v) is 5.14. The van der Waals surface area contributed by atoms with Crippen LogP contribution in [0.15, 0.2) is 30.5 Å². The summed E-state index contributed by atoms with van der Waals surface area (Å²) < 4.78 is 0. The van der Waals surface area contributed by atoms with E-state index in [0.29, 0.717) is 34.3 Å². The Morgan fingerprint density at radius 2 is 1.96 bits per heavy atom. The predicted molar refractivity (Wildman–Crippen MR) is 92.2 cm³/mol. The number of pyridine rings is 1. The molecule has 1 aliphatic rings. The molecule has 6 heteroatoms. The summed E-state index contributed by atoms with van der Waals surface area (Å²) in [5.74, 6) is -1.15. The number of nitrogens with zero attached hydrogens (tertiary/aromatic N) is 1. The Bertz CT molecular complexity index is 785. The molecule has 24 heavy (non-hydrogen) atoms. The molecular weight excluding hydrogens is 328 g/mol. The second kappa shape index (κ2) is 6.77. The van der Waals surface area contributed by atoms with E-state index >= 15 is 0 Å². The number of nitrogens with one attached hydrogen (secondary N) is 1. The smallest absolute Gasteiger partial charge is 0.311 e. The molecule has 1 aliphatic carbocycles. The predicted octanol–water partition coefficient (Wildman–Crippen LogP) is 3.65. The van der Waals surface area contributed by atoms with Crippen molar-refractivity contribution in [3.8, 4) is 0 Å². The number of rotatable bonds is 4. The standard InChI is InChI=1S/C18H19ClN2O3/c19-14-7-6-13(15-12(14)5-4-10-20-15)16(22)21-11-18(17(23)24)8-2-1-3-9-18/h4-7,10H,1-3,8-9,11H2,(H,21,22)(H,23,24). The van der Waals surface area contributed by atoms with E-state index in [4.69, 9.17) is 11.6 Å². The number of aromatic nitrogens is 1. The highest BCUT2D eigenvalue weighted by molar-refractivity contribution is 6.36. The lowest BCUT2D eigenvalue weighted by molar-refractivity contribution is -0.150. The fourth-order valence-corrected chi connectivity index (χ4v) is 3.58. The molecule has 126 valence electrons. The first-order chi connectivity index (χ1) is 11.5. The van der Waals surface area contributed by atoms with E-state index in [-0.39, 0.29) is 12.5 Å². The first kappa shape index (κ1) is 16.7. The van der Waals surface area contributed by atoms with Crippen LogP contribution in [0.2, 0.25) is 5.02 Å². The molecule has 0 saturated heterocycles. The van der Waals surface area contributed by atoms with Crippen LogP contribution in [0, 0.1) is 5.41 Å². The fourth-order valence-electron chi connectivity index (χ4n) is 3.36. The molecule has 0 spiro atoms. The molecule has 0 bridgehead atoms. The van der Waals surface area contributed by atoms with Crippen molar-refractivity contribution in [3.63, 3.8) is 0 Å². The second-order valence-electron chi connectivity index (χ2n) is 6.32. The molecule has 1 fully saturated rings. The molecule has 0 aliphatic heterocycles. The summed E-state index contributed by atoms with van der Waals surface area (Å²) in [7, 11) is 0. The van der Waals surface area contributed by atoms with Crippen molar-refractivity contribution in [1.29, 1.82) is 0 Å². The summed E-state index contributed by atoms with van der Waals surface area (Å²) in [6.07, 6.45) is 5.62. The van der Waals surface area contributed by atoms with Crippen molar-refractivity contribution in [2.24, 2.45) is 5.41 Å². The first-order valence-corrected chi connectivity index (χ1v) is 8.46. The summed E-state index contributed by atoms with van der Waals surface area (Å²) in [5.41, 5.74) is 0.0747. The molecule has 1 aromatic heterocycles. The minimum absolute atomic E-state index is 0.137. The van der Waals surface area contributed by atoms with Gasteiger partial charge in [-0.05, 0) is 37.1 Å². The average molecular weight is 347 g/mol. The summed E-state index contributed by atoms with van der Waals surface area (Å²) in [6.45, 7) is 0.137. The zero-order chi connectivity index (χ0) is 17.2. The van der Waals surface area contributed by atoms with Gasteiger partial charge in [0.05, 0.1) is 21.5 Å². The van der Waals surface area contributed by atoms with Crippen molar-refractivity contribution in [3.05, 3.63) is 41.0 Å². The van der Waals surface area contributed by atoms with E-state index < -0.39 is 11.4 Å². The van der Waals surface area contributed by atoms with Gasteiger partial charge in [-0.25, -0.2) is 0 Å². The fraction of sp³-hybridized carbons (Fsp3) is 0.389. The number of carbonyl (C=O) groups excluding carboxylic acids is 1. The number of aliphatic carboxylic acids is 1. The van der Waals surface area contributed by atoms with E-state index in [1.165, 1.54) is 0 Å². The maximum atomic E-state index is 12.6. The SMILES string of the molecule is O=C(NCC1(C(=O)O)CCCCC1)c1ccc(Cl)c2cccnc12. The van der Waals surface area contributed by atoms with Crippen molar-refractivity contribution >= 4 is 34.4 Å². The van der Waals surface area contributed by atoms with Crippen LogP contribution in [0.1, 0.15) is 42.5 Å². The maximum absolute atomic E-state index is 12.6. The zero-order valence-corrected chi connectivity index (χ0v) is 14.0. The van der Waals surface area contributed by atoms with Gasteiger partial charge in [-0.1, -0.05) is 30.9 Å². The highest BCUT2D eigenvalue weighted by Crippen LogP contribution is 2.36. The molecule has 5 nitrogen and oxygen atoms in total. The highest BCUT2D eigenvalue weighted by Gasteiger charge is 2.39. The van der Waals surface area contributed by atoms with Crippen molar-refractivity contribution < 1.29 is 14.7 Å². The molecule has 0 unspecified atom stereocenters. The highest BCUT2D eigenvalue weighted by atomic mass is 35.5. The maximum Gasteiger partial charge on any atom is 0.311 e. The Hall–Kier alpha value is -2.14. The normalized spacial score (nSPS) is 16.7. The Morgan fingerprint density at radius 3 is 2.67 bits per heavy atom. The van der Waals surface area contributed by atoms with Gasteiger partial charge >= 0.3 is 5.97 Å². The van der Waals surface area contributed by atoms with Crippen molar-refractivity contribution in [2.75, 3.05) is 6.54 Å². The van der Waals surface area contributed by atoms with Crippen LogP contribution >= 0.6 is 11.6 Å². The second-order valence-corrected chi connectivity index (χ2v) is 6.73. The van der Waals surface area contributed by atoms with Gasteiger partial charge in [0.1, 0.15) is 0 Å². The number of halogens is 1. The molecule has 0 atom stereocenters. The van der Waals surface area contributed by atoms with Gasteiger partial charge in [0.15, 0.2) is 0 Å². The third-order valence-electron chi connectivity index (χ3n) is 4.81. The van der Waals surface area contributed by atoms with Gasteiger partial charge in [0, 0.05) is 18.1 Å². The minimum Gasteiger partial charge on any atom is -0.481 e. The van der Waals surface area contributed by atoms with Gasteiger partial charge in [-0.2, -0.15) is 0 Å². The average Bonchev–Trinajstić information content (AvgIpc) is 2.61. The quantitative estimate of drug-likeness (QED) is 0.885. The number of carboxylic acid groups (broad SMARTS) is 1. The molecule has 1 amide bonds. The molecule has 0 radical (unpaired) electrons. The largest absolute Gasteiger partial charge is 0.481 e. The number of hydrogen-bond donors (Lipinski definition) is 2. The summed E-state index contributed by atoms with van der Waals surface area (Å²) in [4.78, 5) is 28.5. The van der Waals surface area contributed by atoms with E-state index in [9.17, 15) is 14.7 Å². The number of carbonyl (C=O) groups is 2. The van der Waals surface area contributed by atoms with Gasteiger partial charge in [-0.3, -0.25) is 14.6 Å². The Morgan fingerprint density at radius 1 is 1.21 bits per heavy atom. The van der Waals surface area contributed by atoms with Gasteiger partial charge in [0.25, 0.3) is 5.91 Å². The molecule has 1 heterocycles. The molecule has 3 rings (SSSR count). The number of amides is 1. The number of carboxylic acids is 1. The van der Waals surface area contributed by atoms with E-state index in [1.54, 1.807) is 30.5 Å². The van der Waals surface area contributed by atoms with Crippen LogP contribution in [-0.2, 0) is 4.79 Å². The number of hydrogen-bond acceptors (Lipinski definition) is 3. The Labute approximate surface area is 145 Å². The van der Waals surface area contributed by atoms with Crippen LogP contribution in [-0.4, -0.2) is 28.5 Å². The van der Waals surface area contributed by atoms with E-state index in [2.05, 4.69) is 10.3 Å². The van der Waals surface area contributed by atoms with Crippen LogP contribution < -0.4 is 5.32 Å². The van der Waals surface area contributed by atoms with Crippen LogP contribution in [0.4, 0.5) is 0 Å². The molecule has 2 N–H and O–H groups in total. The lowest BCUT2D eigenvalue weighted by Crippen LogP contribution is -2.44. The monoisotopic (exact) mass is 346 g/mol. The van der Waals surface area contributed by atoms with Crippen LogP contribution in [0.5, 0.6) is 0 Å². The molecule has 1 aromatic carbocycles. The van der Waals surface area contributed by atoms with Gasteiger partial charge < -0.3 is 10.4 Å². The first-order valence-electron chi connectivity index (χ1n) is 8.08. The summed E-state index contributed by atoms with van der Waals surface area (Å²) in [6, 6.07) is 6.86. The number of benzene rings is 1. The minimum atomic E-state index is -0.858. The lowest BCUT2D eigenvalue weighted by atomic mass is 9.74. The summed E-state index contributed by atoms with van der Waals surface area (Å²) >= 11 is 6.15. The topological polar surface area (TPSA) is 79.3 Å². The zero-order valence-electron chi connectivity index (χ0n) is 13.2. The summed E-state index contributed by atoms with van der Waals surface area (Å²) in [5, 5.41) is 13.6. The molecule has 1 saturated carbocycles. The van der Waals surface area contributed by atoms with Crippen molar-refractivity contribution in [2.45, 2.75) is 32.1 Å².